The molecule has 0 aliphatic heterocycles. The zero-order valence-electron chi connectivity index (χ0n) is 21.7. The largest absolute Gasteiger partial charge is 0.463 e. The summed E-state index contributed by atoms with van der Waals surface area (Å²) in [6.45, 7) is 7.10. The van der Waals surface area contributed by atoms with Crippen LogP contribution in [-0.2, 0) is 23.7 Å². The first-order chi connectivity index (χ1) is 16.6. The van der Waals surface area contributed by atoms with Crippen molar-refractivity contribution in [3.8, 4) is 11.8 Å². The summed E-state index contributed by atoms with van der Waals surface area (Å²) < 4.78 is 20.8. The van der Waals surface area contributed by atoms with E-state index in [4.69, 9.17) is 18.9 Å². The molecule has 2 saturated carbocycles. The van der Waals surface area contributed by atoms with Crippen LogP contribution in [-0.4, -0.2) is 52.7 Å². The predicted octanol–water partition coefficient (Wildman–Crippen LogP) is 5.74. The van der Waals surface area contributed by atoms with Gasteiger partial charge in [-0.1, -0.05) is 30.7 Å². The van der Waals surface area contributed by atoms with Crippen LogP contribution >= 0.6 is 0 Å². The topological polar surface area (TPSA) is 54.0 Å². The molecular weight excluding hydrogens is 428 g/mol. The smallest absolute Gasteiger partial charge is 0.305 e. The standard InChI is InChI=1S/C29H46O5/c1-4-5-9-24(2)10-8-12-26-14-15-27-22-25(23-28(26)27)11-6-7-13-29(30)34-21-20-33-19-18-32-17-16-31-3/h8,11-12,24,26-28H,6-7,9-10,13-23H2,1-3H3/b12-8+,25-11+. The second kappa shape index (κ2) is 17.8. The second-order valence-electron chi connectivity index (χ2n) is 9.67. The minimum absolute atomic E-state index is 0.133. The number of carbonyl (C=O) groups excluding carboxylic acids is 1. The SMILES string of the molecule is CC#CCC(C)C/C=C/C1CCC2C/C(=C\CCCC(=O)OCCOCCOCCOC)CC12. The Morgan fingerprint density at radius 2 is 1.85 bits per heavy atom. The average Bonchev–Trinajstić information content (AvgIpc) is 3.40. The molecule has 2 rings (SSSR count). The number of methoxy groups -OCH3 is 1. The van der Waals surface area contributed by atoms with Crippen molar-refractivity contribution >= 4 is 5.97 Å². The third kappa shape index (κ3) is 11.7. The Kier molecular flexibility index (Phi) is 15.0. The molecule has 2 aliphatic rings. The molecule has 2 aliphatic carbocycles. The van der Waals surface area contributed by atoms with Crippen molar-refractivity contribution < 1.29 is 23.7 Å². The summed E-state index contributed by atoms with van der Waals surface area (Å²) in [7, 11) is 1.65. The quantitative estimate of drug-likeness (QED) is 0.116. The fourth-order valence-corrected chi connectivity index (χ4v) is 5.03. The van der Waals surface area contributed by atoms with E-state index in [1.807, 2.05) is 6.92 Å². The molecule has 192 valence electrons. The molecule has 0 spiro atoms. The molecule has 0 N–H and O–H groups in total. The van der Waals surface area contributed by atoms with E-state index >= 15 is 0 Å². The molecule has 0 amide bonds. The Morgan fingerprint density at radius 1 is 1.09 bits per heavy atom. The van der Waals surface area contributed by atoms with Crippen molar-refractivity contribution in [2.24, 2.45) is 23.7 Å². The molecule has 0 bridgehead atoms. The normalized spacial score (nSPS) is 23.7. The molecule has 0 aromatic rings. The van der Waals surface area contributed by atoms with Crippen LogP contribution in [0.25, 0.3) is 0 Å². The third-order valence-corrected chi connectivity index (χ3v) is 6.91. The van der Waals surface area contributed by atoms with Crippen LogP contribution in [0.3, 0.4) is 0 Å². The molecular formula is C29H46O5. The van der Waals surface area contributed by atoms with Gasteiger partial charge in [-0.2, -0.15) is 0 Å². The van der Waals surface area contributed by atoms with Gasteiger partial charge >= 0.3 is 5.97 Å². The Bertz CT molecular complexity index is 686. The van der Waals surface area contributed by atoms with Crippen molar-refractivity contribution in [3.63, 3.8) is 0 Å². The highest BCUT2D eigenvalue weighted by Gasteiger charge is 2.39. The maximum atomic E-state index is 11.9. The number of ether oxygens (including phenoxy) is 4. The van der Waals surface area contributed by atoms with E-state index in [1.165, 1.54) is 25.7 Å². The maximum Gasteiger partial charge on any atom is 0.305 e. The highest BCUT2D eigenvalue weighted by Crippen LogP contribution is 2.50. The van der Waals surface area contributed by atoms with Gasteiger partial charge in [-0.05, 0) is 75.5 Å². The number of rotatable bonds is 17. The fraction of sp³-hybridized carbons (Fsp3) is 0.759. The molecule has 34 heavy (non-hydrogen) atoms. The molecule has 0 heterocycles. The van der Waals surface area contributed by atoms with Crippen molar-refractivity contribution in [2.75, 3.05) is 46.8 Å². The lowest BCUT2D eigenvalue weighted by molar-refractivity contribution is -0.145. The van der Waals surface area contributed by atoms with Gasteiger partial charge in [0, 0.05) is 20.0 Å². The van der Waals surface area contributed by atoms with Crippen LogP contribution in [0, 0.1) is 35.5 Å². The number of hydrogen-bond donors (Lipinski definition) is 0. The Morgan fingerprint density at radius 3 is 2.62 bits per heavy atom. The highest BCUT2D eigenvalue weighted by molar-refractivity contribution is 5.69. The monoisotopic (exact) mass is 474 g/mol. The molecule has 4 atom stereocenters. The number of fused-ring (bicyclic) bond motifs is 1. The molecule has 5 heteroatoms. The fourth-order valence-electron chi connectivity index (χ4n) is 5.03. The predicted molar refractivity (Wildman–Crippen MR) is 136 cm³/mol. The van der Waals surface area contributed by atoms with E-state index in [1.54, 1.807) is 12.7 Å². The maximum absolute atomic E-state index is 11.9. The van der Waals surface area contributed by atoms with Gasteiger partial charge in [0.05, 0.1) is 33.0 Å². The van der Waals surface area contributed by atoms with E-state index in [-0.39, 0.29) is 5.97 Å². The lowest BCUT2D eigenvalue weighted by Gasteiger charge is -2.14. The van der Waals surface area contributed by atoms with E-state index < -0.39 is 0 Å². The van der Waals surface area contributed by atoms with E-state index in [2.05, 4.69) is 37.0 Å². The number of hydrogen-bond acceptors (Lipinski definition) is 5. The molecule has 0 radical (unpaired) electrons. The Hall–Kier alpha value is -1.61. The van der Waals surface area contributed by atoms with E-state index in [0.29, 0.717) is 52.0 Å². The van der Waals surface area contributed by atoms with Crippen LogP contribution in [0.2, 0.25) is 0 Å². The van der Waals surface area contributed by atoms with Crippen molar-refractivity contribution in [2.45, 2.75) is 71.6 Å². The minimum atomic E-state index is -0.133. The van der Waals surface area contributed by atoms with Crippen molar-refractivity contribution in [1.29, 1.82) is 0 Å². The van der Waals surface area contributed by atoms with Gasteiger partial charge in [0.2, 0.25) is 0 Å². The van der Waals surface area contributed by atoms with E-state index in [9.17, 15) is 4.79 Å². The zero-order chi connectivity index (χ0) is 24.4. The summed E-state index contributed by atoms with van der Waals surface area (Å²) in [4.78, 5) is 11.9. The summed E-state index contributed by atoms with van der Waals surface area (Å²) in [5, 5.41) is 0. The molecule has 5 nitrogen and oxygen atoms in total. The Balaban J connectivity index is 1.52. The van der Waals surface area contributed by atoms with E-state index in [0.717, 1.165) is 43.4 Å². The minimum Gasteiger partial charge on any atom is -0.463 e. The van der Waals surface area contributed by atoms with Gasteiger partial charge in [0.25, 0.3) is 0 Å². The second-order valence-corrected chi connectivity index (χ2v) is 9.67. The number of carbonyl (C=O) groups is 1. The number of unbranched alkanes of at least 4 members (excludes halogenated alkanes) is 1. The molecule has 0 aromatic carbocycles. The van der Waals surface area contributed by atoms with Crippen LogP contribution in [0.5, 0.6) is 0 Å². The average molecular weight is 475 g/mol. The Labute approximate surface area is 207 Å². The summed E-state index contributed by atoms with van der Waals surface area (Å²) in [5.74, 6) is 9.13. The van der Waals surface area contributed by atoms with Gasteiger partial charge in [-0.3, -0.25) is 4.79 Å². The molecule has 4 unspecified atom stereocenters. The van der Waals surface area contributed by atoms with Gasteiger partial charge in [0.15, 0.2) is 0 Å². The lowest BCUT2D eigenvalue weighted by Crippen LogP contribution is -2.13. The first-order valence-corrected chi connectivity index (χ1v) is 13.2. The van der Waals surface area contributed by atoms with Crippen LogP contribution < -0.4 is 0 Å². The first kappa shape index (κ1) is 28.6. The van der Waals surface area contributed by atoms with Crippen LogP contribution in [0.4, 0.5) is 0 Å². The number of esters is 1. The summed E-state index contributed by atoms with van der Waals surface area (Å²) in [5.41, 5.74) is 1.61. The molecule has 0 saturated heterocycles. The molecule has 0 aromatic heterocycles. The summed E-state index contributed by atoms with van der Waals surface area (Å²) in [6.07, 6.45) is 16.9. The summed E-state index contributed by atoms with van der Waals surface area (Å²) >= 11 is 0. The van der Waals surface area contributed by atoms with Crippen molar-refractivity contribution in [1.82, 2.24) is 0 Å². The third-order valence-electron chi connectivity index (χ3n) is 6.91. The van der Waals surface area contributed by atoms with Gasteiger partial charge in [0.1, 0.15) is 6.61 Å². The zero-order valence-corrected chi connectivity index (χ0v) is 21.7. The lowest BCUT2D eigenvalue weighted by atomic mass is 9.91. The molecule has 2 fully saturated rings. The van der Waals surface area contributed by atoms with Gasteiger partial charge in [-0.25, -0.2) is 0 Å². The summed E-state index contributed by atoms with van der Waals surface area (Å²) in [6, 6.07) is 0. The van der Waals surface area contributed by atoms with Crippen molar-refractivity contribution in [3.05, 3.63) is 23.8 Å². The highest BCUT2D eigenvalue weighted by atomic mass is 16.6. The first-order valence-electron chi connectivity index (χ1n) is 13.2. The van der Waals surface area contributed by atoms with Gasteiger partial charge in [-0.15, -0.1) is 11.8 Å². The number of allylic oxidation sites excluding steroid dienone is 4. The van der Waals surface area contributed by atoms with Gasteiger partial charge < -0.3 is 18.9 Å². The van der Waals surface area contributed by atoms with Crippen LogP contribution in [0.1, 0.15) is 71.6 Å². The van der Waals surface area contributed by atoms with Crippen LogP contribution in [0.15, 0.2) is 23.8 Å².